The molecule has 1 heterocycles. The number of hydrogen-bond acceptors (Lipinski definition) is 4. The molecule has 2 rings (SSSR count). The molecule has 0 unspecified atom stereocenters. The van der Waals surface area contributed by atoms with Crippen LogP contribution in [0.1, 0.15) is 23.2 Å². The summed E-state index contributed by atoms with van der Waals surface area (Å²) >= 11 is 0. The summed E-state index contributed by atoms with van der Waals surface area (Å²) in [5.74, 6) is -0.356. The van der Waals surface area contributed by atoms with Crippen LogP contribution < -0.4 is 0 Å². The van der Waals surface area contributed by atoms with E-state index in [1.807, 2.05) is 6.07 Å². The third-order valence-electron chi connectivity index (χ3n) is 2.49. The van der Waals surface area contributed by atoms with Gasteiger partial charge in [-0.25, -0.2) is 4.79 Å². The first-order valence-corrected chi connectivity index (χ1v) is 5.31. The zero-order chi connectivity index (χ0) is 11.4. The van der Waals surface area contributed by atoms with Crippen LogP contribution in [0.15, 0.2) is 30.3 Å². The van der Waals surface area contributed by atoms with E-state index < -0.39 is 6.29 Å². The van der Waals surface area contributed by atoms with E-state index in [1.54, 1.807) is 24.3 Å². The van der Waals surface area contributed by atoms with Gasteiger partial charge in [0.25, 0.3) is 0 Å². The molecule has 0 aliphatic carbocycles. The van der Waals surface area contributed by atoms with Gasteiger partial charge in [0.1, 0.15) is 6.61 Å². The highest BCUT2D eigenvalue weighted by Crippen LogP contribution is 2.18. The largest absolute Gasteiger partial charge is 0.459 e. The fourth-order valence-electron chi connectivity index (χ4n) is 1.64. The lowest BCUT2D eigenvalue weighted by atomic mass is 10.2. The van der Waals surface area contributed by atoms with Crippen LogP contribution in [0.5, 0.6) is 0 Å². The Kier molecular flexibility index (Phi) is 3.54. The second-order valence-electron chi connectivity index (χ2n) is 3.75. The SMILES string of the molecule is O=C(OC[C@@H]1CC[C@H](O)O1)c1ccccc1. The average molecular weight is 222 g/mol. The van der Waals surface area contributed by atoms with Gasteiger partial charge in [-0.05, 0) is 18.6 Å². The number of aliphatic hydroxyl groups is 1. The average Bonchev–Trinajstić information content (AvgIpc) is 2.73. The summed E-state index contributed by atoms with van der Waals surface area (Å²) in [5, 5.41) is 9.12. The first-order chi connectivity index (χ1) is 7.75. The minimum absolute atomic E-state index is 0.178. The molecule has 0 radical (unpaired) electrons. The highest BCUT2D eigenvalue weighted by Gasteiger charge is 2.24. The van der Waals surface area contributed by atoms with E-state index in [1.165, 1.54) is 0 Å². The molecule has 1 fully saturated rings. The third-order valence-corrected chi connectivity index (χ3v) is 2.49. The summed E-state index contributed by atoms with van der Waals surface area (Å²) in [7, 11) is 0. The van der Waals surface area contributed by atoms with Gasteiger partial charge in [-0.3, -0.25) is 0 Å². The van der Waals surface area contributed by atoms with Crippen LogP contribution in [0.3, 0.4) is 0 Å². The van der Waals surface area contributed by atoms with Crippen LogP contribution in [0, 0.1) is 0 Å². The second-order valence-corrected chi connectivity index (χ2v) is 3.75. The first kappa shape index (κ1) is 11.1. The molecule has 0 spiro atoms. The van der Waals surface area contributed by atoms with Crippen molar-refractivity contribution in [2.75, 3.05) is 6.61 Å². The summed E-state index contributed by atoms with van der Waals surface area (Å²) in [5.41, 5.74) is 0.529. The van der Waals surface area contributed by atoms with Crippen molar-refractivity contribution >= 4 is 5.97 Å². The molecule has 0 saturated carbocycles. The standard InChI is InChI=1S/C12H14O4/c13-11-7-6-10(16-11)8-15-12(14)9-4-2-1-3-5-9/h1-5,10-11,13H,6-8H2/t10-,11+/m0/s1. The molecule has 1 aromatic rings. The van der Waals surface area contributed by atoms with Crippen LogP contribution in [0.4, 0.5) is 0 Å². The first-order valence-electron chi connectivity index (χ1n) is 5.31. The Balaban J connectivity index is 1.80. The minimum Gasteiger partial charge on any atom is -0.459 e. The number of rotatable bonds is 3. The number of hydrogen-bond donors (Lipinski definition) is 1. The van der Waals surface area contributed by atoms with E-state index in [2.05, 4.69) is 0 Å². The zero-order valence-electron chi connectivity index (χ0n) is 8.83. The Labute approximate surface area is 93.8 Å². The van der Waals surface area contributed by atoms with Gasteiger partial charge in [-0.2, -0.15) is 0 Å². The van der Waals surface area contributed by atoms with E-state index >= 15 is 0 Å². The molecule has 16 heavy (non-hydrogen) atoms. The number of aliphatic hydroxyl groups excluding tert-OH is 1. The van der Waals surface area contributed by atoms with Gasteiger partial charge in [-0.15, -0.1) is 0 Å². The van der Waals surface area contributed by atoms with Gasteiger partial charge in [0.05, 0.1) is 11.7 Å². The molecular formula is C12H14O4. The Bertz CT molecular complexity index is 349. The number of carbonyl (C=O) groups is 1. The van der Waals surface area contributed by atoms with E-state index in [0.717, 1.165) is 6.42 Å². The highest BCUT2D eigenvalue weighted by molar-refractivity contribution is 5.89. The molecule has 1 aliphatic rings. The predicted molar refractivity (Wildman–Crippen MR) is 56.8 cm³/mol. The molecule has 86 valence electrons. The van der Waals surface area contributed by atoms with Crippen molar-refractivity contribution in [2.45, 2.75) is 25.2 Å². The highest BCUT2D eigenvalue weighted by atomic mass is 16.6. The van der Waals surface area contributed by atoms with Crippen molar-refractivity contribution in [3.05, 3.63) is 35.9 Å². The molecule has 1 aliphatic heterocycles. The van der Waals surface area contributed by atoms with Crippen LogP contribution in [0.2, 0.25) is 0 Å². The minimum atomic E-state index is -0.708. The molecular weight excluding hydrogens is 208 g/mol. The van der Waals surface area contributed by atoms with Crippen LogP contribution in [-0.2, 0) is 9.47 Å². The maximum absolute atomic E-state index is 11.5. The van der Waals surface area contributed by atoms with Crippen molar-refractivity contribution in [1.29, 1.82) is 0 Å². The fourth-order valence-corrected chi connectivity index (χ4v) is 1.64. The van der Waals surface area contributed by atoms with Crippen molar-refractivity contribution in [3.8, 4) is 0 Å². The normalized spacial score (nSPS) is 24.3. The summed E-state index contributed by atoms with van der Waals surface area (Å²) in [4.78, 5) is 11.5. The molecule has 1 aromatic carbocycles. The second kappa shape index (κ2) is 5.09. The fraction of sp³-hybridized carbons (Fsp3) is 0.417. The summed E-state index contributed by atoms with van der Waals surface area (Å²) in [6.45, 7) is 0.199. The Morgan fingerprint density at radius 1 is 1.38 bits per heavy atom. The number of benzene rings is 1. The predicted octanol–water partition coefficient (Wildman–Crippen LogP) is 1.34. The van der Waals surface area contributed by atoms with E-state index in [0.29, 0.717) is 12.0 Å². The number of carbonyl (C=O) groups excluding carboxylic acids is 1. The molecule has 1 saturated heterocycles. The van der Waals surface area contributed by atoms with Crippen LogP contribution in [-0.4, -0.2) is 30.1 Å². The lowest BCUT2D eigenvalue weighted by Gasteiger charge is -2.10. The van der Waals surface area contributed by atoms with Gasteiger partial charge >= 0.3 is 5.97 Å². The van der Waals surface area contributed by atoms with E-state index in [9.17, 15) is 4.79 Å². The quantitative estimate of drug-likeness (QED) is 0.784. The number of ether oxygens (including phenoxy) is 2. The van der Waals surface area contributed by atoms with Crippen molar-refractivity contribution in [1.82, 2.24) is 0 Å². The van der Waals surface area contributed by atoms with Gasteiger partial charge in [0.2, 0.25) is 0 Å². The molecule has 4 nitrogen and oxygen atoms in total. The van der Waals surface area contributed by atoms with E-state index in [4.69, 9.17) is 14.6 Å². The smallest absolute Gasteiger partial charge is 0.338 e. The van der Waals surface area contributed by atoms with Gasteiger partial charge in [0, 0.05) is 6.42 Å². The topological polar surface area (TPSA) is 55.8 Å². The van der Waals surface area contributed by atoms with Crippen LogP contribution >= 0.6 is 0 Å². The van der Waals surface area contributed by atoms with Gasteiger partial charge in [-0.1, -0.05) is 18.2 Å². The summed E-state index contributed by atoms with van der Waals surface area (Å²) < 4.78 is 10.2. The van der Waals surface area contributed by atoms with Gasteiger partial charge < -0.3 is 14.6 Å². The van der Waals surface area contributed by atoms with Gasteiger partial charge in [0.15, 0.2) is 6.29 Å². The zero-order valence-corrected chi connectivity index (χ0v) is 8.83. The summed E-state index contributed by atoms with van der Waals surface area (Å²) in [6.07, 6.45) is 0.444. The monoisotopic (exact) mass is 222 g/mol. The van der Waals surface area contributed by atoms with Crippen molar-refractivity contribution < 1.29 is 19.4 Å². The molecule has 0 aromatic heterocycles. The Morgan fingerprint density at radius 2 is 2.12 bits per heavy atom. The third kappa shape index (κ3) is 2.81. The molecule has 2 atom stereocenters. The Hall–Kier alpha value is -1.39. The maximum Gasteiger partial charge on any atom is 0.338 e. The molecule has 1 N–H and O–H groups in total. The molecule has 0 amide bonds. The lowest BCUT2D eigenvalue weighted by molar-refractivity contribution is -0.103. The van der Waals surface area contributed by atoms with Crippen molar-refractivity contribution in [2.24, 2.45) is 0 Å². The lowest BCUT2D eigenvalue weighted by Crippen LogP contribution is -2.19. The maximum atomic E-state index is 11.5. The van der Waals surface area contributed by atoms with Crippen molar-refractivity contribution in [3.63, 3.8) is 0 Å². The molecule has 4 heteroatoms. The van der Waals surface area contributed by atoms with E-state index in [-0.39, 0.29) is 18.7 Å². The van der Waals surface area contributed by atoms with Crippen LogP contribution in [0.25, 0.3) is 0 Å². The number of esters is 1. The molecule has 0 bridgehead atoms. The summed E-state index contributed by atoms with van der Waals surface area (Å²) in [6, 6.07) is 8.81. The Morgan fingerprint density at radius 3 is 2.75 bits per heavy atom.